The first-order valence-corrected chi connectivity index (χ1v) is 11.8. The molecule has 1 saturated carbocycles. The molecule has 3 aromatic rings. The normalized spacial score (nSPS) is 17.9. The van der Waals surface area contributed by atoms with Gasteiger partial charge in [0.1, 0.15) is 5.75 Å². The molecule has 0 radical (unpaired) electrons. The van der Waals surface area contributed by atoms with E-state index in [1.165, 1.54) is 18.9 Å². The van der Waals surface area contributed by atoms with E-state index in [0.29, 0.717) is 30.1 Å². The van der Waals surface area contributed by atoms with Gasteiger partial charge in [0.05, 0.1) is 20.9 Å². The lowest BCUT2D eigenvalue weighted by Gasteiger charge is -2.22. The van der Waals surface area contributed by atoms with Crippen molar-refractivity contribution in [3.05, 3.63) is 77.9 Å². The number of aromatic nitrogens is 2. The third-order valence-electron chi connectivity index (χ3n) is 6.19. The van der Waals surface area contributed by atoms with Gasteiger partial charge < -0.3 is 15.6 Å². The quantitative estimate of drug-likeness (QED) is 0.396. The van der Waals surface area contributed by atoms with E-state index in [2.05, 4.69) is 24.0 Å². The van der Waals surface area contributed by atoms with Crippen LogP contribution in [0.25, 0.3) is 5.69 Å². The van der Waals surface area contributed by atoms with Gasteiger partial charge in [-0.05, 0) is 56.7 Å². The second-order valence-electron chi connectivity index (χ2n) is 8.75. The Bertz CT molecular complexity index is 1040. The molecule has 36 heavy (non-hydrogen) atoms. The molecule has 0 saturated heterocycles. The number of methoxy groups -OCH3 is 1. The number of imidazole rings is 1. The molecule has 4 rings (SSSR count). The average molecular weight is 510 g/mol. The van der Waals surface area contributed by atoms with Crippen molar-refractivity contribution < 1.29 is 27.4 Å². The summed E-state index contributed by atoms with van der Waals surface area (Å²) in [6.07, 6.45) is 1.43. The van der Waals surface area contributed by atoms with E-state index < -0.39 is 12.0 Å². The maximum atomic E-state index is 13.2. The number of nitrogens with two attached hydrogens (primary N) is 1. The van der Waals surface area contributed by atoms with Gasteiger partial charge in [0.2, 0.25) is 5.82 Å². The van der Waals surface area contributed by atoms with Gasteiger partial charge in [0.25, 0.3) is 0 Å². The number of halogens is 4. The molecule has 198 valence electrons. The van der Waals surface area contributed by atoms with E-state index in [0.717, 1.165) is 36.4 Å². The van der Waals surface area contributed by atoms with Crippen LogP contribution in [0, 0.1) is 12.8 Å². The molecule has 0 amide bonds. The van der Waals surface area contributed by atoms with Crippen LogP contribution in [-0.4, -0.2) is 41.6 Å². The fourth-order valence-electron chi connectivity index (χ4n) is 4.48. The minimum atomic E-state index is -4.56. The molecule has 3 N–H and O–H groups in total. The number of aryl methyl sites for hydroxylation is 1. The molecule has 0 bridgehead atoms. The fourth-order valence-corrected chi connectivity index (χ4v) is 4.48. The van der Waals surface area contributed by atoms with Crippen molar-refractivity contribution in [2.24, 2.45) is 11.7 Å². The summed E-state index contributed by atoms with van der Waals surface area (Å²) in [5.41, 5.74) is 8.33. The smallest absolute Gasteiger partial charge is 0.450 e. The minimum absolute atomic E-state index is 0.110. The third-order valence-corrected chi connectivity index (χ3v) is 6.19. The van der Waals surface area contributed by atoms with E-state index in [1.807, 2.05) is 18.2 Å². The number of aliphatic hydroxyl groups is 1. The molecule has 3 atom stereocenters. The van der Waals surface area contributed by atoms with Crippen molar-refractivity contribution in [1.82, 2.24) is 9.55 Å². The van der Waals surface area contributed by atoms with Crippen LogP contribution in [-0.2, 0) is 6.18 Å². The zero-order valence-corrected chi connectivity index (χ0v) is 20.9. The van der Waals surface area contributed by atoms with Crippen molar-refractivity contribution in [1.29, 1.82) is 0 Å². The fraction of sp³-hybridized carbons (Fsp3) is 0.444. The van der Waals surface area contributed by atoms with E-state index in [-0.39, 0.29) is 18.6 Å². The first kappa shape index (κ1) is 29.3. The van der Waals surface area contributed by atoms with Crippen LogP contribution < -0.4 is 10.5 Å². The number of rotatable bonds is 6. The summed E-state index contributed by atoms with van der Waals surface area (Å²) in [4.78, 5) is 3.44. The van der Waals surface area contributed by atoms with Gasteiger partial charge in [-0.3, -0.25) is 8.96 Å². The maximum Gasteiger partial charge on any atom is 0.450 e. The van der Waals surface area contributed by atoms with E-state index in [4.69, 9.17) is 10.5 Å². The molecular weight excluding hydrogens is 474 g/mol. The van der Waals surface area contributed by atoms with Gasteiger partial charge in [-0.1, -0.05) is 35.9 Å². The predicted octanol–water partition coefficient (Wildman–Crippen LogP) is 6.07. The zero-order chi connectivity index (χ0) is 26.7. The summed E-state index contributed by atoms with van der Waals surface area (Å²) in [5, 5.41) is 9.95. The molecule has 1 fully saturated rings. The molecular formula is C27H35F4N3O2. The molecule has 0 unspecified atom stereocenters. The average Bonchev–Trinajstić information content (AvgIpc) is 3.53. The summed E-state index contributed by atoms with van der Waals surface area (Å²) >= 11 is 0. The van der Waals surface area contributed by atoms with Gasteiger partial charge in [-0.15, -0.1) is 0 Å². The Kier molecular flexibility index (Phi) is 11.4. The molecule has 1 aliphatic rings. The predicted molar refractivity (Wildman–Crippen MR) is 133 cm³/mol. The first-order valence-electron chi connectivity index (χ1n) is 11.8. The molecule has 0 spiro atoms. The Morgan fingerprint density at radius 2 is 1.83 bits per heavy atom. The number of benzene rings is 2. The maximum absolute atomic E-state index is 13.2. The molecule has 5 nitrogen and oxygen atoms in total. The lowest BCUT2D eigenvalue weighted by molar-refractivity contribution is -0.145. The highest BCUT2D eigenvalue weighted by Gasteiger charge is 2.36. The number of nitrogens with zero attached hydrogens (tertiary/aromatic N) is 2. The zero-order valence-electron chi connectivity index (χ0n) is 20.9. The number of aliphatic hydroxyl groups excluding tert-OH is 1. The van der Waals surface area contributed by atoms with Crippen LogP contribution >= 0.6 is 0 Å². The van der Waals surface area contributed by atoms with E-state index in [9.17, 15) is 22.7 Å². The molecule has 0 aliphatic heterocycles. The SMILES string of the molecule is CF.COc1ccc(-n2ccnc2C(F)(F)F)cc1[C@@H](CO)C[C@@H]1CC[C@H](N)C1.Cc1ccccc1. The van der Waals surface area contributed by atoms with Crippen LogP contribution in [0.3, 0.4) is 0 Å². The molecule has 2 aromatic carbocycles. The minimum Gasteiger partial charge on any atom is -0.496 e. The number of alkyl halides is 4. The largest absolute Gasteiger partial charge is 0.496 e. The summed E-state index contributed by atoms with van der Waals surface area (Å²) < 4.78 is 55.5. The van der Waals surface area contributed by atoms with E-state index in [1.54, 1.807) is 18.2 Å². The molecule has 9 heteroatoms. The highest BCUT2D eigenvalue weighted by molar-refractivity contribution is 5.47. The molecule has 1 heterocycles. The summed E-state index contributed by atoms with van der Waals surface area (Å²) in [5.74, 6) is -0.271. The van der Waals surface area contributed by atoms with Gasteiger partial charge in [0.15, 0.2) is 0 Å². The van der Waals surface area contributed by atoms with Crippen molar-refractivity contribution in [2.75, 3.05) is 20.9 Å². The van der Waals surface area contributed by atoms with Gasteiger partial charge in [0, 0.05) is 35.6 Å². The Balaban J connectivity index is 0.000000431. The Morgan fingerprint density at radius 1 is 1.14 bits per heavy atom. The number of hydrogen-bond donors (Lipinski definition) is 2. The van der Waals surface area contributed by atoms with Crippen molar-refractivity contribution in [3.63, 3.8) is 0 Å². The lowest BCUT2D eigenvalue weighted by atomic mass is 9.87. The Morgan fingerprint density at radius 3 is 2.33 bits per heavy atom. The second-order valence-corrected chi connectivity index (χ2v) is 8.75. The van der Waals surface area contributed by atoms with Crippen molar-refractivity contribution in [2.45, 2.75) is 50.7 Å². The van der Waals surface area contributed by atoms with Crippen molar-refractivity contribution >= 4 is 0 Å². The van der Waals surface area contributed by atoms with Crippen LogP contribution in [0.1, 0.15) is 48.6 Å². The summed E-state index contributed by atoms with van der Waals surface area (Å²) in [7, 11) is 2.01. The Hall–Kier alpha value is -2.91. The van der Waals surface area contributed by atoms with Crippen LogP contribution in [0.4, 0.5) is 17.6 Å². The van der Waals surface area contributed by atoms with Crippen LogP contribution in [0.15, 0.2) is 60.9 Å². The van der Waals surface area contributed by atoms with E-state index >= 15 is 0 Å². The standard InChI is InChI=1S/C19H24F3N3O2.C7H8.CH3F/c1-27-17-5-4-15(25-7-6-24-18(25)19(20,21)22)10-16(17)13(11-26)8-12-2-3-14(23)9-12;1-7-5-3-2-4-6-7;1-2/h4-7,10,12-14,26H,2-3,8-9,11,23H2,1H3;2-6H,1H3;1H3/t12-,13+,14-;;/m0../s1. The highest BCUT2D eigenvalue weighted by atomic mass is 19.4. The summed E-state index contributed by atoms with van der Waals surface area (Å²) in [6.45, 7) is 1.97. The second kappa shape index (κ2) is 14.0. The first-order chi connectivity index (χ1) is 17.2. The number of hydrogen-bond acceptors (Lipinski definition) is 4. The highest BCUT2D eigenvalue weighted by Crippen LogP contribution is 2.38. The monoisotopic (exact) mass is 509 g/mol. The van der Waals surface area contributed by atoms with Crippen LogP contribution in [0.2, 0.25) is 0 Å². The summed E-state index contributed by atoms with van der Waals surface area (Å²) in [6, 6.07) is 15.3. The lowest BCUT2D eigenvalue weighted by Crippen LogP contribution is -2.17. The molecule has 1 aromatic heterocycles. The van der Waals surface area contributed by atoms with Crippen molar-refractivity contribution in [3.8, 4) is 11.4 Å². The van der Waals surface area contributed by atoms with Gasteiger partial charge >= 0.3 is 6.18 Å². The van der Waals surface area contributed by atoms with Gasteiger partial charge in [-0.2, -0.15) is 13.2 Å². The van der Waals surface area contributed by atoms with Gasteiger partial charge in [-0.25, -0.2) is 4.98 Å². The topological polar surface area (TPSA) is 73.3 Å². The molecule has 1 aliphatic carbocycles. The number of ether oxygens (including phenoxy) is 1. The van der Waals surface area contributed by atoms with Crippen LogP contribution in [0.5, 0.6) is 5.75 Å². The Labute approximate surface area is 209 Å². The third kappa shape index (κ3) is 8.06.